The van der Waals surface area contributed by atoms with Crippen LogP contribution in [0.25, 0.3) is 0 Å². The van der Waals surface area contributed by atoms with Crippen LogP contribution in [-0.2, 0) is 0 Å². The number of hydrogen-bond acceptors (Lipinski definition) is 3. The van der Waals surface area contributed by atoms with Crippen LogP contribution in [0.3, 0.4) is 0 Å². The predicted molar refractivity (Wildman–Crippen MR) is 86.1 cm³/mol. The Labute approximate surface area is 119 Å². The second-order valence-electron chi connectivity index (χ2n) is 4.79. The van der Waals surface area contributed by atoms with Crippen molar-refractivity contribution in [2.45, 2.75) is 59.4 Å². The molecule has 18 heavy (non-hydrogen) atoms. The molecule has 1 saturated heterocycles. The lowest BCUT2D eigenvalue weighted by atomic mass is 9.99. The molecule has 0 aromatic rings. The molecular formula is C15H30N2S. The van der Waals surface area contributed by atoms with E-state index in [0.717, 1.165) is 13.0 Å². The van der Waals surface area contributed by atoms with Crippen LogP contribution in [0.5, 0.6) is 0 Å². The Morgan fingerprint density at radius 1 is 1.50 bits per heavy atom. The van der Waals surface area contributed by atoms with E-state index in [2.05, 4.69) is 51.0 Å². The summed E-state index contributed by atoms with van der Waals surface area (Å²) in [4.78, 5) is 0. The molecule has 0 bridgehead atoms. The van der Waals surface area contributed by atoms with Crippen molar-refractivity contribution in [3.05, 3.63) is 22.3 Å². The van der Waals surface area contributed by atoms with Crippen molar-refractivity contribution in [1.29, 1.82) is 0 Å². The van der Waals surface area contributed by atoms with Gasteiger partial charge in [0.25, 0.3) is 0 Å². The summed E-state index contributed by atoms with van der Waals surface area (Å²) in [5.74, 6) is 0. The highest BCUT2D eigenvalue weighted by molar-refractivity contribution is 7.83. The van der Waals surface area contributed by atoms with E-state index in [1.54, 1.807) is 0 Å². The van der Waals surface area contributed by atoms with Gasteiger partial charge in [0, 0.05) is 18.3 Å². The van der Waals surface area contributed by atoms with Crippen molar-refractivity contribution in [2.75, 3.05) is 13.6 Å². The molecule has 0 radical (unpaired) electrons. The van der Waals surface area contributed by atoms with Crippen molar-refractivity contribution in [3.8, 4) is 0 Å². The third-order valence-electron chi connectivity index (χ3n) is 3.46. The first-order valence-corrected chi connectivity index (χ1v) is 7.56. The smallest absolute Gasteiger partial charge is 0.0366 e. The molecule has 1 aliphatic rings. The van der Waals surface area contributed by atoms with Gasteiger partial charge in [0.05, 0.1) is 0 Å². The van der Waals surface area contributed by atoms with Crippen LogP contribution in [0, 0.1) is 0 Å². The van der Waals surface area contributed by atoms with Crippen LogP contribution in [-0.4, -0.2) is 19.6 Å². The van der Waals surface area contributed by atoms with E-state index in [9.17, 15) is 0 Å². The molecule has 0 saturated carbocycles. The highest BCUT2D eigenvalue weighted by Gasteiger charge is 2.11. The lowest BCUT2D eigenvalue weighted by Crippen LogP contribution is -2.23. The summed E-state index contributed by atoms with van der Waals surface area (Å²) in [6, 6.07) is 0.685. The maximum atomic E-state index is 4.22. The highest BCUT2D eigenvalue weighted by Crippen LogP contribution is 2.23. The molecule has 106 valence electrons. The number of allylic oxidation sites excluding steroid dienone is 2. The number of nitrogens with one attached hydrogen (secondary N) is 2. The fourth-order valence-corrected chi connectivity index (χ4v) is 1.92. The van der Waals surface area contributed by atoms with Gasteiger partial charge in [-0.3, -0.25) is 0 Å². The molecule has 1 fully saturated rings. The van der Waals surface area contributed by atoms with Crippen LogP contribution in [0.4, 0.5) is 0 Å². The Morgan fingerprint density at radius 3 is 2.56 bits per heavy atom. The molecule has 0 aliphatic carbocycles. The van der Waals surface area contributed by atoms with Crippen molar-refractivity contribution < 1.29 is 0 Å². The Morgan fingerprint density at radius 2 is 2.17 bits per heavy atom. The molecule has 2 N–H and O–H groups in total. The monoisotopic (exact) mass is 270 g/mol. The molecule has 1 rings (SSSR count). The van der Waals surface area contributed by atoms with E-state index < -0.39 is 0 Å². The molecule has 1 unspecified atom stereocenters. The molecule has 2 nitrogen and oxygen atoms in total. The quantitative estimate of drug-likeness (QED) is 0.678. The van der Waals surface area contributed by atoms with E-state index in [1.807, 2.05) is 12.5 Å². The van der Waals surface area contributed by atoms with E-state index in [1.165, 1.54) is 36.1 Å². The molecular weight excluding hydrogens is 240 g/mol. The maximum Gasteiger partial charge on any atom is 0.0366 e. The van der Waals surface area contributed by atoms with Gasteiger partial charge >= 0.3 is 0 Å². The van der Waals surface area contributed by atoms with Gasteiger partial charge in [-0.2, -0.15) is 12.6 Å². The average Bonchev–Trinajstić information content (AvgIpc) is 2.46. The van der Waals surface area contributed by atoms with Gasteiger partial charge in [-0.1, -0.05) is 19.4 Å². The molecule has 1 atom stereocenters. The second kappa shape index (κ2) is 10.5. The van der Waals surface area contributed by atoms with Crippen LogP contribution in [0.1, 0.15) is 53.4 Å². The summed E-state index contributed by atoms with van der Waals surface area (Å²) in [6.07, 6.45) is 4.74. The normalized spacial score (nSPS) is 21.8. The fourth-order valence-electron chi connectivity index (χ4n) is 1.67. The zero-order valence-corrected chi connectivity index (χ0v) is 13.5. The third kappa shape index (κ3) is 6.50. The van der Waals surface area contributed by atoms with Gasteiger partial charge in [0.2, 0.25) is 0 Å². The van der Waals surface area contributed by atoms with Gasteiger partial charge in [-0.15, -0.1) is 0 Å². The molecule has 1 aliphatic heterocycles. The number of thiol groups is 1. The Kier molecular flexibility index (Phi) is 10.3. The lowest BCUT2D eigenvalue weighted by molar-refractivity contribution is 0.593. The third-order valence-corrected chi connectivity index (χ3v) is 3.78. The molecule has 0 spiro atoms. The van der Waals surface area contributed by atoms with Crippen LogP contribution < -0.4 is 10.6 Å². The zero-order valence-electron chi connectivity index (χ0n) is 12.6. The van der Waals surface area contributed by atoms with Crippen LogP contribution in [0.15, 0.2) is 22.3 Å². The molecule has 1 heterocycles. The topological polar surface area (TPSA) is 24.1 Å². The first-order valence-electron chi connectivity index (χ1n) is 7.05. The maximum absolute atomic E-state index is 4.22. The summed E-state index contributed by atoms with van der Waals surface area (Å²) in [5, 5.41) is 8.48. The van der Waals surface area contributed by atoms with E-state index in [4.69, 9.17) is 0 Å². The van der Waals surface area contributed by atoms with E-state index in [-0.39, 0.29) is 0 Å². The minimum Gasteiger partial charge on any atom is -0.385 e. The molecule has 0 aromatic carbocycles. The zero-order chi connectivity index (χ0) is 14.0. The Bertz CT molecular complexity index is 275. The predicted octanol–water partition coefficient (Wildman–Crippen LogP) is 3.87. The first kappa shape index (κ1) is 17.6. The van der Waals surface area contributed by atoms with Crippen molar-refractivity contribution >= 4 is 12.6 Å². The van der Waals surface area contributed by atoms with E-state index >= 15 is 0 Å². The summed E-state index contributed by atoms with van der Waals surface area (Å²) >= 11 is 4.22. The fraction of sp³-hybridized carbons (Fsp3) is 0.733. The molecule has 3 heteroatoms. The lowest BCUT2D eigenvalue weighted by Gasteiger charge is -2.22. The van der Waals surface area contributed by atoms with Gasteiger partial charge < -0.3 is 10.6 Å². The first-order chi connectivity index (χ1) is 8.60. The Balaban J connectivity index is 0.000000411. The second-order valence-corrected chi connectivity index (χ2v) is 5.05. The van der Waals surface area contributed by atoms with Crippen molar-refractivity contribution in [3.63, 3.8) is 0 Å². The SMILES string of the molecule is CC/C(C)=C1/NCCC/C1=C\S.CCC(C)NC. The summed E-state index contributed by atoms with van der Waals surface area (Å²) in [5.41, 5.74) is 4.14. The largest absolute Gasteiger partial charge is 0.385 e. The standard InChI is InChI=1S/C10H17NS.C5H13N/c1-3-8(2)10-9(7-12)5-4-6-11-10;1-4-5(2)6-3/h7,11-12H,3-6H2,1-2H3;5-6H,4H2,1-3H3/b9-7+,10-8+;. The highest BCUT2D eigenvalue weighted by atomic mass is 32.1. The van der Waals surface area contributed by atoms with Crippen LogP contribution >= 0.6 is 12.6 Å². The summed E-state index contributed by atoms with van der Waals surface area (Å²) in [7, 11) is 1.98. The summed E-state index contributed by atoms with van der Waals surface area (Å²) in [6.45, 7) is 9.82. The summed E-state index contributed by atoms with van der Waals surface area (Å²) < 4.78 is 0. The van der Waals surface area contributed by atoms with Crippen LogP contribution in [0.2, 0.25) is 0 Å². The van der Waals surface area contributed by atoms with Crippen molar-refractivity contribution in [1.82, 2.24) is 10.6 Å². The minimum absolute atomic E-state index is 0.685. The van der Waals surface area contributed by atoms with Gasteiger partial charge in [-0.05, 0) is 57.6 Å². The van der Waals surface area contributed by atoms with Crippen molar-refractivity contribution in [2.24, 2.45) is 0 Å². The minimum atomic E-state index is 0.685. The van der Waals surface area contributed by atoms with Gasteiger partial charge in [0.15, 0.2) is 0 Å². The molecule has 0 amide bonds. The number of hydrogen-bond donors (Lipinski definition) is 3. The molecule has 0 aromatic heterocycles. The number of piperidine rings is 1. The average molecular weight is 270 g/mol. The van der Waals surface area contributed by atoms with Gasteiger partial charge in [0.1, 0.15) is 0 Å². The Hall–Kier alpha value is -0.410. The van der Waals surface area contributed by atoms with Gasteiger partial charge in [-0.25, -0.2) is 0 Å². The number of rotatable bonds is 3. The van der Waals surface area contributed by atoms with E-state index in [0.29, 0.717) is 6.04 Å².